The van der Waals surface area contributed by atoms with Crippen molar-refractivity contribution in [3.05, 3.63) is 0 Å². The minimum Gasteiger partial charge on any atom is -0.481 e. The Morgan fingerprint density at radius 1 is 1.31 bits per heavy atom. The molecule has 1 atom stereocenters. The average molecular weight is 189 g/mol. The smallest absolute Gasteiger partial charge is 0.331 e. The molecule has 0 unspecified atom stereocenters. The van der Waals surface area contributed by atoms with Gasteiger partial charge in [-0.05, 0) is 13.3 Å². The van der Waals surface area contributed by atoms with Gasteiger partial charge in [0.15, 0.2) is 11.3 Å². The maximum absolute atomic E-state index is 10.8. The molecule has 6 heteroatoms. The van der Waals surface area contributed by atoms with Crippen LogP contribution in [-0.2, 0) is 14.4 Å². The molecule has 0 bridgehead atoms. The number of ketones is 1. The zero-order valence-corrected chi connectivity index (χ0v) is 7.11. The number of carboxylic acids is 2. The molecule has 74 valence electrons. The van der Waals surface area contributed by atoms with Gasteiger partial charge in [-0.15, -0.1) is 0 Å². The molecule has 0 aliphatic heterocycles. The molecular formula is C7H11NO5. The third-order valence-electron chi connectivity index (χ3n) is 1.74. The van der Waals surface area contributed by atoms with Crippen LogP contribution in [-0.4, -0.2) is 33.5 Å². The Kier molecular flexibility index (Phi) is 3.55. The average Bonchev–Trinajstić information content (AvgIpc) is 1.99. The van der Waals surface area contributed by atoms with E-state index in [1.165, 1.54) is 0 Å². The number of hydrogen-bond acceptors (Lipinski definition) is 4. The quantitative estimate of drug-likeness (QED) is 0.488. The second kappa shape index (κ2) is 3.99. The van der Waals surface area contributed by atoms with E-state index in [9.17, 15) is 14.4 Å². The van der Waals surface area contributed by atoms with Gasteiger partial charge in [-0.25, -0.2) is 4.79 Å². The molecule has 0 saturated heterocycles. The SMILES string of the molecule is CC(=O)[C@](N)(CCC(=O)O)C(=O)O. The summed E-state index contributed by atoms with van der Waals surface area (Å²) >= 11 is 0. The Hall–Kier alpha value is -1.43. The fourth-order valence-electron chi connectivity index (χ4n) is 0.738. The van der Waals surface area contributed by atoms with Crippen LogP contribution in [0, 0.1) is 0 Å². The van der Waals surface area contributed by atoms with E-state index >= 15 is 0 Å². The van der Waals surface area contributed by atoms with E-state index in [2.05, 4.69) is 0 Å². The van der Waals surface area contributed by atoms with E-state index in [0.717, 1.165) is 6.92 Å². The lowest BCUT2D eigenvalue weighted by Crippen LogP contribution is -2.54. The van der Waals surface area contributed by atoms with Crippen LogP contribution in [0.15, 0.2) is 0 Å². The van der Waals surface area contributed by atoms with Crippen LogP contribution in [0.1, 0.15) is 19.8 Å². The number of hydrogen-bond donors (Lipinski definition) is 3. The minimum atomic E-state index is -2.07. The van der Waals surface area contributed by atoms with Crippen molar-refractivity contribution >= 4 is 17.7 Å². The molecule has 0 aromatic heterocycles. The molecule has 0 aliphatic rings. The maximum Gasteiger partial charge on any atom is 0.331 e. The van der Waals surface area contributed by atoms with Crippen molar-refractivity contribution in [1.29, 1.82) is 0 Å². The summed E-state index contributed by atoms with van der Waals surface area (Å²) in [7, 11) is 0. The molecule has 0 rings (SSSR count). The number of rotatable bonds is 5. The van der Waals surface area contributed by atoms with E-state index in [-0.39, 0.29) is 0 Å². The van der Waals surface area contributed by atoms with Crippen LogP contribution in [0.5, 0.6) is 0 Å². The predicted octanol–water partition coefficient (Wildman–Crippen LogP) is -0.778. The third kappa shape index (κ3) is 2.83. The van der Waals surface area contributed by atoms with Crippen LogP contribution in [0.3, 0.4) is 0 Å². The number of aliphatic carboxylic acids is 2. The standard InChI is InChI=1S/C7H11NO5/c1-4(9)7(8,6(12)13)3-2-5(10)11/h2-3,8H2,1H3,(H,10,11)(H,12,13)/t7-/m1/s1. The first-order valence-corrected chi connectivity index (χ1v) is 3.56. The third-order valence-corrected chi connectivity index (χ3v) is 1.74. The van der Waals surface area contributed by atoms with Crippen molar-refractivity contribution in [3.8, 4) is 0 Å². The van der Waals surface area contributed by atoms with E-state index < -0.39 is 36.1 Å². The summed E-state index contributed by atoms with van der Waals surface area (Å²) in [6, 6.07) is 0. The number of carbonyl (C=O) groups is 3. The summed E-state index contributed by atoms with van der Waals surface area (Å²) in [6.07, 6.45) is -0.838. The van der Waals surface area contributed by atoms with E-state index in [4.69, 9.17) is 15.9 Å². The van der Waals surface area contributed by atoms with Crippen molar-refractivity contribution in [3.63, 3.8) is 0 Å². The highest BCUT2D eigenvalue weighted by Crippen LogP contribution is 2.11. The van der Waals surface area contributed by atoms with E-state index in [1.54, 1.807) is 0 Å². The molecular weight excluding hydrogens is 178 g/mol. The first kappa shape index (κ1) is 11.6. The summed E-state index contributed by atoms with van der Waals surface area (Å²) in [6.45, 7) is 1.02. The van der Waals surface area contributed by atoms with Gasteiger partial charge < -0.3 is 15.9 Å². The van der Waals surface area contributed by atoms with E-state index in [0.29, 0.717) is 0 Å². The molecule has 0 fully saturated rings. The normalized spacial score (nSPS) is 14.6. The first-order valence-electron chi connectivity index (χ1n) is 3.56. The lowest BCUT2D eigenvalue weighted by molar-refractivity contribution is -0.148. The highest BCUT2D eigenvalue weighted by molar-refractivity contribution is 6.06. The molecule has 13 heavy (non-hydrogen) atoms. The monoisotopic (exact) mass is 189 g/mol. The Morgan fingerprint density at radius 3 is 2.00 bits per heavy atom. The van der Waals surface area contributed by atoms with Crippen molar-refractivity contribution in [2.45, 2.75) is 25.3 Å². The fraction of sp³-hybridized carbons (Fsp3) is 0.571. The fourth-order valence-corrected chi connectivity index (χ4v) is 0.738. The van der Waals surface area contributed by atoms with Gasteiger partial charge in [0.25, 0.3) is 0 Å². The van der Waals surface area contributed by atoms with Gasteiger partial charge >= 0.3 is 11.9 Å². The van der Waals surface area contributed by atoms with Crippen LogP contribution in [0.25, 0.3) is 0 Å². The highest BCUT2D eigenvalue weighted by atomic mass is 16.4. The van der Waals surface area contributed by atoms with Gasteiger partial charge in [-0.3, -0.25) is 9.59 Å². The van der Waals surface area contributed by atoms with E-state index in [1.807, 2.05) is 0 Å². The van der Waals surface area contributed by atoms with Crippen LogP contribution in [0.4, 0.5) is 0 Å². The Bertz CT molecular complexity index is 233. The number of carbonyl (C=O) groups excluding carboxylic acids is 1. The summed E-state index contributed by atoms with van der Waals surface area (Å²) in [5, 5.41) is 16.9. The predicted molar refractivity (Wildman–Crippen MR) is 42.1 cm³/mol. The minimum absolute atomic E-state index is 0.396. The number of nitrogens with two attached hydrogens (primary N) is 1. The largest absolute Gasteiger partial charge is 0.481 e. The molecule has 0 amide bonds. The van der Waals surface area contributed by atoms with Gasteiger partial charge in [0, 0.05) is 6.42 Å². The molecule has 0 heterocycles. The number of Topliss-reactive ketones (excluding diaryl/α,β-unsaturated/α-hetero) is 1. The van der Waals surface area contributed by atoms with Gasteiger partial charge in [0.05, 0.1) is 0 Å². The molecule has 0 spiro atoms. The Balaban J connectivity index is 4.52. The molecule has 0 aromatic carbocycles. The molecule has 0 saturated carbocycles. The van der Waals surface area contributed by atoms with Crippen LogP contribution in [0.2, 0.25) is 0 Å². The lowest BCUT2D eigenvalue weighted by atomic mass is 9.91. The van der Waals surface area contributed by atoms with Crippen LogP contribution >= 0.6 is 0 Å². The summed E-state index contributed by atoms with van der Waals surface area (Å²) in [4.78, 5) is 31.5. The van der Waals surface area contributed by atoms with Gasteiger partial charge in [-0.2, -0.15) is 0 Å². The van der Waals surface area contributed by atoms with Gasteiger partial charge in [0.2, 0.25) is 0 Å². The van der Waals surface area contributed by atoms with Gasteiger partial charge in [0.1, 0.15) is 0 Å². The maximum atomic E-state index is 10.8. The Morgan fingerprint density at radius 2 is 1.77 bits per heavy atom. The second-order valence-electron chi connectivity index (χ2n) is 2.73. The van der Waals surface area contributed by atoms with Crippen molar-refractivity contribution < 1.29 is 24.6 Å². The molecule has 0 aliphatic carbocycles. The number of carboxylic acid groups (broad SMARTS) is 2. The molecule has 0 aromatic rings. The van der Waals surface area contributed by atoms with Crippen LogP contribution < -0.4 is 5.73 Å². The molecule has 6 nitrogen and oxygen atoms in total. The topological polar surface area (TPSA) is 118 Å². The molecule has 4 N–H and O–H groups in total. The first-order chi connectivity index (χ1) is 5.80. The summed E-state index contributed by atoms with van der Waals surface area (Å²) in [5.41, 5.74) is 3.15. The Labute approximate surface area is 74.3 Å². The zero-order valence-electron chi connectivity index (χ0n) is 7.11. The zero-order chi connectivity index (χ0) is 10.6. The van der Waals surface area contributed by atoms with Crippen molar-refractivity contribution in [2.24, 2.45) is 5.73 Å². The highest BCUT2D eigenvalue weighted by Gasteiger charge is 2.39. The lowest BCUT2D eigenvalue weighted by Gasteiger charge is -2.19. The summed E-state index contributed by atoms with van der Waals surface area (Å²) < 4.78 is 0. The van der Waals surface area contributed by atoms with Crippen molar-refractivity contribution in [2.75, 3.05) is 0 Å². The summed E-state index contributed by atoms with van der Waals surface area (Å²) in [5.74, 6) is -3.43. The second-order valence-corrected chi connectivity index (χ2v) is 2.73. The van der Waals surface area contributed by atoms with Crippen molar-refractivity contribution in [1.82, 2.24) is 0 Å². The molecule has 0 radical (unpaired) electrons. The van der Waals surface area contributed by atoms with Gasteiger partial charge in [-0.1, -0.05) is 0 Å².